The first-order valence-electron chi connectivity index (χ1n) is 4.99. The van der Waals surface area contributed by atoms with Crippen molar-refractivity contribution in [3.05, 3.63) is 41.5 Å². The molecule has 0 bridgehead atoms. The first-order valence-corrected chi connectivity index (χ1v) is 4.99. The highest BCUT2D eigenvalue weighted by Gasteiger charge is 2.25. The van der Waals surface area contributed by atoms with Crippen molar-refractivity contribution < 1.29 is 9.90 Å². The summed E-state index contributed by atoms with van der Waals surface area (Å²) >= 11 is 0. The lowest BCUT2D eigenvalue weighted by Crippen LogP contribution is -2.34. The topological polar surface area (TPSA) is 74.2 Å². The van der Waals surface area contributed by atoms with Crippen molar-refractivity contribution >= 4 is 6.29 Å². The molecule has 2 atom stereocenters. The number of aliphatic hydroxyl groups excluding tert-OH is 1. The average molecular weight is 219 g/mol. The number of carbonyl (C=O) groups is 1. The van der Waals surface area contributed by atoms with E-state index in [1.807, 2.05) is 6.92 Å². The minimum atomic E-state index is -0.763. The molecule has 0 radical (unpaired) electrons. The lowest BCUT2D eigenvalue weighted by molar-refractivity contribution is -0.109. The van der Waals surface area contributed by atoms with Gasteiger partial charge in [0.05, 0.1) is 5.70 Å². The molecule has 1 aromatic heterocycles. The minimum Gasteiger partial charge on any atom is -0.382 e. The van der Waals surface area contributed by atoms with E-state index >= 15 is 0 Å². The van der Waals surface area contributed by atoms with E-state index in [4.69, 9.17) is 0 Å². The molecule has 2 heterocycles. The fourth-order valence-electron chi connectivity index (χ4n) is 1.69. The van der Waals surface area contributed by atoms with Gasteiger partial charge in [0.2, 0.25) is 0 Å². The predicted octanol–water partition coefficient (Wildman–Crippen LogP) is 0.0643. The zero-order valence-electron chi connectivity index (χ0n) is 8.84. The number of carbonyl (C=O) groups excluding carboxylic acids is 1. The number of allylic oxidation sites excluding steroid dienone is 1. The Morgan fingerprint density at radius 2 is 2.12 bits per heavy atom. The summed E-state index contributed by atoms with van der Waals surface area (Å²) in [5.41, 5.74) is 2.15. The maximum absolute atomic E-state index is 10.6. The Balaban J connectivity index is 2.20. The van der Waals surface area contributed by atoms with Gasteiger partial charge in [0.25, 0.3) is 0 Å². The van der Waals surface area contributed by atoms with Crippen LogP contribution in [-0.4, -0.2) is 22.5 Å². The van der Waals surface area contributed by atoms with Crippen LogP contribution in [0, 0.1) is 0 Å². The molecule has 0 saturated carbocycles. The van der Waals surface area contributed by atoms with Crippen LogP contribution in [0.3, 0.4) is 0 Å². The number of hydrogen-bond donors (Lipinski definition) is 3. The third-order valence-corrected chi connectivity index (χ3v) is 2.52. The molecular weight excluding hydrogens is 206 g/mol. The van der Waals surface area contributed by atoms with Gasteiger partial charge in [-0.1, -0.05) is 0 Å². The zero-order chi connectivity index (χ0) is 11.5. The zero-order valence-corrected chi connectivity index (χ0v) is 8.84. The van der Waals surface area contributed by atoms with Gasteiger partial charge in [0.15, 0.2) is 12.5 Å². The van der Waals surface area contributed by atoms with Gasteiger partial charge in [-0.3, -0.25) is 9.78 Å². The van der Waals surface area contributed by atoms with Gasteiger partial charge in [-0.05, 0) is 24.6 Å². The number of aromatic nitrogens is 1. The summed E-state index contributed by atoms with van der Waals surface area (Å²) in [6.45, 7) is 1.82. The fraction of sp³-hybridized carbons (Fsp3) is 0.273. The number of aliphatic hydroxyl groups is 1. The summed E-state index contributed by atoms with van der Waals surface area (Å²) < 4.78 is 0. The van der Waals surface area contributed by atoms with E-state index in [-0.39, 0.29) is 0 Å². The van der Waals surface area contributed by atoms with Crippen LogP contribution in [0.4, 0.5) is 0 Å². The van der Waals surface area contributed by atoms with E-state index in [2.05, 4.69) is 15.6 Å². The average Bonchev–Trinajstić information content (AvgIpc) is 2.71. The van der Waals surface area contributed by atoms with Gasteiger partial charge < -0.3 is 15.7 Å². The van der Waals surface area contributed by atoms with Crippen LogP contribution in [0.2, 0.25) is 0 Å². The second-order valence-electron chi connectivity index (χ2n) is 3.62. The van der Waals surface area contributed by atoms with Gasteiger partial charge in [-0.15, -0.1) is 0 Å². The third kappa shape index (κ3) is 1.90. The Bertz CT molecular complexity index is 416. The van der Waals surface area contributed by atoms with Crippen molar-refractivity contribution in [2.24, 2.45) is 0 Å². The molecule has 5 heteroatoms. The van der Waals surface area contributed by atoms with Crippen LogP contribution in [-0.2, 0) is 4.79 Å². The van der Waals surface area contributed by atoms with Gasteiger partial charge in [-0.2, -0.15) is 0 Å². The molecule has 0 saturated heterocycles. The van der Waals surface area contributed by atoms with Gasteiger partial charge >= 0.3 is 0 Å². The summed E-state index contributed by atoms with van der Waals surface area (Å²) in [6.07, 6.45) is 2.78. The van der Waals surface area contributed by atoms with Crippen molar-refractivity contribution in [3.63, 3.8) is 0 Å². The highest BCUT2D eigenvalue weighted by atomic mass is 16.3. The van der Waals surface area contributed by atoms with Crippen molar-refractivity contribution in [2.75, 3.05) is 0 Å². The fourth-order valence-corrected chi connectivity index (χ4v) is 1.69. The molecule has 0 amide bonds. The molecule has 1 aromatic rings. The molecular formula is C11H13N3O2. The smallest absolute Gasteiger partial charge is 0.162 e. The Morgan fingerprint density at radius 1 is 1.44 bits per heavy atom. The van der Waals surface area contributed by atoms with E-state index in [1.54, 1.807) is 24.5 Å². The number of hydrogen-bond acceptors (Lipinski definition) is 5. The Labute approximate surface area is 93.2 Å². The van der Waals surface area contributed by atoms with E-state index in [0.717, 1.165) is 17.5 Å². The standard InChI is InChI=1S/C11H13N3O2/c1-7-10(14-9(6-15)13-7)11(16)8-2-4-12-5-3-8/h2-6,9,11,13-14,16H,1H3. The van der Waals surface area contributed by atoms with Crippen molar-refractivity contribution in [1.82, 2.24) is 15.6 Å². The minimum absolute atomic E-state index is 0.452. The second-order valence-corrected chi connectivity index (χ2v) is 3.62. The quantitative estimate of drug-likeness (QED) is 0.627. The van der Waals surface area contributed by atoms with Gasteiger partial charge in [0.1, 0.15) is 6.10 Å². The number of pyridine rings is 1. The number of rotatable bonds is 3. The number of aldehydes is 1. The number of nitrogens with zero attached hydrogens (tertiary/aromatic N) is 1. The normalized spacial score (nSPS) is 21.2. The molecule has 0 aromatic carbocycles. The van der Waals surface area contributed by atoms with Crippen LogP contribution >= 0.6 is 0 Å². The summed E-state index contributed by atoms with van der Waals surface area (Å²) in [4.78, 5) is 14.5. The molecule has 0 spiro atoms. The molecule has 1 aliphatic heterocycles. The first-order chi connectivity index (χ1) is 7.72. The molecule has 1 aliphatic rings. The van der Waals surface area contributed by atoms with Crippen LogP contribution in [0.25, 0.3) is 0 Å². The van der Waals surface area contributed by atoms with Crippen LogP contribution in [0.1, 0.15) is 18.6 Å². The van der Waals surface area contributed by atoms with Gasteiger partial charge in [-0.25, -0.2) is 0 Å². The Kier molecular flexibility index (Phi) is 2.87. The molecule has 0 fully saturated rings. The summed E-state index contributed by atoms with van der Waals surface area (Å²) in [6, 6.07) is 3.47. The van der Waals surface area contributed by atoms with Crippen molar-refractivity contribution in [2.45, 2.75) is 19.2 Å². The summed E-state index contributed by atoms with van der Waals surface area (Å²) in [5.74, 6) is 0. The third-order valence-electron chi connectivity index (χ3n) is 2.52. The lowest BCUT2D eigenvalue weighted by Gasteiger charge is -2.13. The molecule has 2 rings (SSSR count). The van der Waals surface area contributed by atoms with E-state index in [0.29, 0.717) is 5.70 Å². The van der Waals surface area contributed by atoms with Crippen LogP contribution in [0.5, 0.6) is 0 Å². The summed E-state index contributed by atoms with van der Waals surface area (Å²) in [5, 5.41) is 15.9. The maximum atomic E-state index is 10.6. The Hall–Kier alpha value is -1.88. The summed E-state index contributed by atoms with van der Waals surface area (Å²) in [7, 11) is 0. The van der Waals surface area contributed by atoms with Crippen molar-refractivity contribution in [1.29, 1.82) is 0 Å². The molecule has 5 nitrogen and oxygen atoms in total. The Morgan fingerprint density at radius 3 is 2.69 bits per heavy atom. The largest absolute Gasteiger partial charge is 0.382 e. The van der Waals surface area contributed by atoms with Crippen molar-refractivity contribution in [3.8, 4) is 0 Å². The van der Waals surface area contributed by atoms with Crippen LogP contribution < -0.4 is 10.6 Å². The number of nitrogens with one attached hydrogen (secondary N) is 2. The molecule has 3 N–H and O–H groups in total. The van der Waals surface area contributed by atoms with E-state index in [9.17, 15) is 9.90 Å². The maximum Gasteiger partial charge on any atom is 0.162 e. The van der Waals surface area contributed by atoms with Crippen LogP contribution in [0.15, 0.2) is 35.9 Å². The van der Waals surface area contributed by atoms with E-state index in [1.165, 1.54) is 0 Å². The van der Waals surface area contributed by atoms with E-state index < -0.39 is 12.3 Å². The lowest BCUT2D eigenvalue weighted by atomic mass is 10.1. The first kappa shape index (κ1) is 10.6. The molecule has 84 valence electrons. The second kappa shape index (κ2) is 4.32. The SMILES string of the molecule is CC1=C(C(O)c2ccncc2)NC(C=O)N1. The predicted molar refractivity (Wildman–Crippen MR) is 58.0 cm³/mol. The monoisotopic (exact) mass is 219 g/mol. The molecule has 0 aliphatic carbocycles. The molecule has 2 unspecified atom stereocenters. The molecule has 16 heavy (non-hydrogen) atoms. The van der Waals surface area contributed by atoms with Gasteiger partial charge in [0, 0.05) is 18.1 Å². The highest BCUT2D eigenvalue weighted by molar-refractivity contribution is 5.59. The highest BCUT2D eigenvalue weighted by Crippen LogP contribution is 2.23.